The van der Waals surface area contributed by atoms with E-state index in [2.05, 4.69) is 5.32 Å². The topological polar surface area (TPSA) is 94.6 Å². The average Bonchev–Trinajstić information content (AvgIpc) is 3.18. The lowest BCUT2D eigenvalue weighted by Gasteiger charge is -2.12. The van der Waals surface area contributed by atoms with Crippen LogP contribution in [0.15, 0.2) is 65.3 Å². The molecule has 8 heteroatoms. The van der Waals surface area contributed by atoms with E-state index in [9.17, 15) is 14.9 Å². The van der Waals surface area contributed by atoms with Crippen molar-refractivity contribution in [1.82, 2.24) is 5.32 Å². The van der Waals surface area contributed by atoms with Crippen LogP contribution in [-0.2, 0) is 0 Å². The molecule has 1 N–H and O–H groups in total. The van der Waals surface area contributed by atoms with Crippen molar-refractivity contribution in [2.24, 2.45) is 0 Å². The molecule has 7 nitrogen and oxygen atoms in total. The molecule has 0 bridgehead atoms. The van der Waals surface area contributed by atoms with Crippen LogP contribution in [0.2, 0.25) is 5.02 Å². The molecule has 138 valence electrons. The Bertz CT molecular complexity index is 955. The van der Waals surface area contributed by atoms with E-state index in [1.807, 2.05) is 6.92 Å². The largest absolute Gasteiger partial charge is 0.467 e. The van der Waals surface area contributed by atoms with Crippen molar-refractivity contribution >= 4 is 23.2 Å². The fourth-order valence-electron chi connectivity index (χ4n) is 2.41. The summed E-state index contributed by atoms with van der Waals surface area (Å²) in [7, 11) is 0. The average molecular weight is 387 g/mol. The summed E-state index contributed by atoms with van der Waals surface area (Å²) in [6, 6.07) is 13.7. The van der Waals surface area contributed by atoms with Crippen LogP contribution in [0.4, 0.5) is 5.69 Å². The summed E-state index contributed by atoms with van der Waals surface area (Å²) in [6.07, 6.45) is 1.54. The first kappa shape index (κ1) is 18.5. The molecule has 1 atom stereocenters. The molecule has 0 saturated heterocycles. The number of nitrogens with zero attached hydrogens (tertiary/aromatic N) is 1. The van der Waals surface area contributed by atoms with Crippen LogP contribution in [0.25, 0.3) is 0 Å². The highest BCUT2D eigenvalue weighted by molar-refractivity contribution is 6.30. The van der Waals surface area contributed by atoms with Crippen molar-refractivity contribution in [3.05, 3.63) is 87.3 Å². The van der Waals surface area contributed by atoms with E-state index in [4.69, 9.17) is 20.8 Å². The number of hydrogen-bond donors (Lipinski definition) is 1. The Kier molecular flexibility index (Phi) is 5.42. The van der Waals surface area contributed by atoms with Gasteiger partial charge in [-0.25, -0.2) is 0 Å². The molecule has 27 heavy (non-hydrogen) atoms. The van der Waals surface area contributed by atoms with Crippen molar-refractivity contribution in [2.45, 2.75) is 13.0 Å². The number of rotatable bonds is 6. The molecule has 3 rings (SSSR count). The first-order valence-electron chi connectivity index (χ1n) is 8.00. The fraction of sp³-hybridized carbons (Fsp3) is 0.105. The summed E-state index contributed by atoms with van der Waals surface area (Å²) in [5, 5.41) is 14.2. The predicted octanol–water partition coefficient (Wildman–Crippen LogP) is 5.12. The Hall–Kier alpha value is -3.32. The molecule has 1 heterocycles. The number of amides is 1. The Labute approximate surface area is 159 Å². The van der Waals surface area contributed by atoms with Gasteiger partial charge in [0.2, 0.25) is 5.75 Å². The van der Waals surface area contributed by atoms with Gasteiger partial charge in [0.05, 0.1) is 17.2 Å². The van der Waals surface area contributed by atoms with Crippen LogP contribution in [0, 0.1) is 10.1 Å². The van der Waals surface area contributed by atoms with Gasteiger partial charge in [-0.3, -0.25) is 14.9 Å². The minimum Gasteiger partial charge on any atom is -0.467 e. The van der Waals surface area contributed by atoms with Gasteiger partial charge in [-0.05, 0) is 55.5 Å². The van der Waals surface area contributed by atoms with Crippen molar-refractivity contribution in [3.63, 3.8) is 0 Å². The van der Waals surface area contributed by atoms with Gasteiger partial charge in [-0.2, -0.15) is 0 Å². The van der Waals surface area contributed by atoms with Gasteiger partial charge in [0.1, 0.15) is 11.5 Å². The quantitative estimate of drug-likeness (QED) is 0.468. The zero-order chi connectivity index (χ0) is 19.4. The van der Waals surface area contributed by atoms with Crippen molar-refractivity contribution < 1.29 is 18.9 Å². The fourth-order valence-corrected chi connectivity index (χ4v) is 2.58. The number of carbonyl (C=O) groups is 1. The molecule has 0 spiro atoms. The lowest BCUT2D eigenvalue weighted by atomic mass is 10.1. The molecule has 1 amide bonds. The molecule has 1 aromatic heterocycles. The molecule has 0 aliphatic heterocycles. The van der Waals surface area contributed by atoms with Crippen molar-refractivity contribution in [3.8, 4) is 11.5 Å². The maximum atomic E-state index is 12.3. The maximum absolute atomic E-state index is 12.3. The number of hydrogen-bond acceptors (Lipinski definition) is 5. The number of nitro benzene ring substituents is 1. The number of carbonyl (C=O) groups excluding carboxylic acids is 1. The van der Waals surface area contributed by atoms with E-state index in [-0.39, 0.29) is 28.4 Å². The molecular weight excluding hydrogens is 372 g/mol. The lowest BCUT2D eigenvalue weighted by molar-refractivity contribution is -0.385. The van der Waals surface area contributed by atoms with Crippen molar-refractivity contribution in [1.29, 1.82) is 0 Å². The molecule has 0 radical (unpaired) electrons. The first-order valence-corrected chi connectivity index (χ1v) is 8.38. The highest BCUT2D eigenvalue weighted by Gasteiger charge is 2.17. The van der Waals surface area contributed by atoms with Crippen LogP contribution >= 0.6 is 11.6 Å². The Morgan fingerprint density at radius 1 is 1.22 bits per heavy atom. The summed E-state index contributed by atoms with van der Waals surface area (Å²) in [5.74, 6) is 0.797. The van der Waals surface area contributed by atoms with Crippen LogP contribution in [0.3, 0.4) is 0 Å². The van der Waals surface area contributed by atoms with Gasteiger partial charge >= 0.3 is 5.69 Å². The zero-order valence-corrected chi connectivity index (χ0v) is 15.0. The van der Waals surface area contributed by atoms with E-state index in [0.29, 0.717) is 17.1 Å². The summed E-state index contributed by atoms with van der Waals surface area (Å²) in [6.45, 7) is 1.81. The minimum absolute atomic E-state index is 0.0630. The normalized spacial score (nSPS) is 11.6. The highest BCUT2D eigenvalue weighted by atomic mass is 35.5. The van der Waals surface area contributed by atoms with Gasteiger partial charge in [0.25, 0.3) is 5.91 Å². The van der Waals surface area contributed by atoms with E-state index in [1.165, 1.54) is 18.2 Å². The lowest BCUT2D eigenvalue weighted by Crippen LogP contribution is -2.26. The monoisotopic (exact) mass is 386 g/mol. The SMILES string of the molecule is C[C@H](NC(=O)c1ccc(Oc2ccc(Cl)cc2[N+](=O)[O-])cc1)c1ccco1. The second-order valence-corrected chi connectivity index (χ2v) is 6.14. The summed E-state index contributed by atoms with van der Waals surface area (Å²) in [5.41, 5.74) is 0.183. The minimum atomic E-state index is -0.570. The van der Waals surface area contributed by atoms with Crippen LogP contribution in [-0.4, -0.2) is 10.8 Å². The molecule has 2 aromatic carbocycles. The third-order valence-electron chi connectivity index (χ3n) is 3.78. The van der Waals surface area contributed by atoms with Gasteiger partial charge in [-0.1, -0.05) is 11.6 Å². The number of nitrogens with one attached hydrogen (secondary N) is 1. The maximum Gasteiger partial charge on any atom is 0.313 e. The molecule has 3 aromatic rings. The molecule has 0 aliphatic carbocycles. The highest BCUT2D eigenvalue weighted by Crippen LogP contribution is 2.33. The van der Waals surface area contributed by atoms with Crippen LogP contribution < -0.4 is 10.1 Å². The van der Waals surface area contributed by atoms with Gasteiger partial charge < -0.3 is 14.5 Å². The van der Waals surface area contributed by atoms with Gasteiger partial charge in [0, 0.05) is 16.7 Å². The van der Waals surface area contributed by atoms with Crippen LogP contribution in [0.5, 0.6) is 11.5 Å². The van der Waals surface area contributed by atoms with Gasteiger partial charge in [0.15, 0.2) is 0 Å². The van der Waals surface area contributed by atoms with E-state index in [0.717, 1.165) is 0 Å². The van der Waals surface area contributed by atoms with E-state index >= 15 is 0 Å². The number of halogens is 1. The predicted molar refractivity (Wildman–Crippen MR) is 99.2 cm³/mol. The Morgan fingerprint density at radius 3 is 2.59 bits per heavy atom. The standard InChI is InChI=1S/C19H15ClN2O5/c1-12(17-3-2-10-26-17)21-19(23)13-4-7-15(8-5-13)27-18-9-6-14(20)11-16(18)22(24)25/h2-12H,1H3,(H,21,23)/t12-/m0/s1. The second kappa shape index (κ2) is 7.92. The molecule has 0 aliphatic rings. The Balaban J connectivity index is 1.70. The Morgan fingerprint density at radius 2 is 1.96 bits per heavy atom. The first-order chi connectivity index (χ1) is 12.9. The summed E-state index contributed by atoms with van der Waals surface area (Å²) in [4.78, 5) is 22.8. The molecule has 0 saturated carbocycles. The summed E-state index contributed by atoms with van der Waals surface area (Å²) < 4.78 is 10.8. The van der Waals surface area contributed by atoms with Crippen molar-refractivity contribution in [2.75, 3.05) is 0 Å². The van der Waals surface area contributed by atoms with Crippen LogP contribution in [0.1, 0.15) is 29.1 Å². The number of nitro groups is 1. The molecule has 0 fully saturated rings. The zero-order valence-electron chi connectivity index (χ0n) is 14.2. The third kappa shape index (κ3) is 4.45. The third-order valence-corrected chi connectivity index (χ3v) is 4.01. The smallest absolute Gasteiger partial charge is 0.313 e. The molecular formula is C19H15ClN2O5. The second-order valence-electron chi connectivity index (χ2n) is 5.71. The van der Waals surface area contributed by atoms with E-state index in [1.54, 1.807) is 42.7 Å². The number of furan rings is 1. The van der Waals surface area contributed by atoms with E-state index < -0.39 is 4.92 Å². The summed E-state index contributed by atoms with van der Waals surface area (Å²) >= 11 is 5.79. The molecule has 0 unspecified atom stereocenters. The number of ether oxygens (including phenoxy) is 1. The van der Waals surface area contributed by atoms with Gasteiger partial charge in [-0.15, -0.1) is 0 Å². The number of benzene rings is 2.